The SMILES string of the molecule is CNC(=O)CNC(=O)CN1C(=O)N[C@@](C)(CCc2ccc(OC(F)F)cc2)C1=O. The molecular formula is C18H22F2N4O5. The van der Waals surface area contributed by atoms with E-state index in [1.165, 1.54) is 19.2 Å². The number of likely N-dealkylation sites (N-methyl/N-ethyl adjacent to an activating group) is 1. The van der Waals surface area contributed by atoms with Crippen molar-refractivity contribution in [2.45, 2.75) is 31.9 Å². The number of hydrogen-bond donors (Lipinski definition) is 3. The van der Waals surface area contributed by atoms with Gasteiger partial charge in [0.1, 0.15) is 17.8 Å². The molecule has 0 spiro atoms. The van der Waals surface area contributed by atoms with Crippen LogP contribution < -0.4 is 20.7 Å². The minimum Gasteiger partial charge on any atom is -0.435 e. The second-order valence-electron chi connectivity index (χ2n) is 6.63. The molecule has 0 saturated carbocycles. The van der Waals surface area contributed by atoms with Gasteiger partial charge in [-0.15, -0.1) is 0 Å². The van der Waals surface area contributed by atoms with Crippen LogP contribution in [0.5, 0.6) is 5.75 Å². The Morgan fingerprint density at radius 3 is 2.45 bits per heavy atom. The van der Waals surface area contributed by atoms with Crippen LogP contribution in [0.4, 0.5) is 13.6 Å². The summed E-state index contributed by atoms with van der Waals surface area (Å²) in [5.41, 5.74) is -0.451. The number of halogens is 2. The van der Waals surface area contributed by atoms with E-state index in [9.17, 15) is 28.0 Å². The summed E-state index contributed by atoms with van der Waals surface area (Å²) >= 11 is 0. The maximum Gasteiger partial charge on any atom is 0.387 e. The molecule has 11 heteroatoms. The van der Waals surface area contributed by atoms with Gasteiger partial charge in [-0.05, 0) is 37.5 Å². The molecule has 1 fully saturated rings. The van der Waals surface area contributed by atoms with E-state index in [1.54, 1.807) is 19.1 Å². The molecule has 0 radical (unpaired) electrons. The molecule has 29 heavy (non-hydrogen) atoms. The fraction of sp³-hybridized carbons (Fsp3) is 0.444. The molecule has 1 saturated heterocycles. The Morgan fingerprint density at radius 2 is 1.86 bits per heavy atom. The Balaban J connectivity index is 1.92. The highest BCUT2D eigenvalue weighted by Crippen LogP contribution is 2.24. The number of aryl methyl sites for hydroxylation is 1. The number of urea groups is 1. The summed E-state index contributed by atoms with van der Waals surface area (Å²) in [6, 6.07) is 5.26. The standard InChI is InChI=1S/C18H22F2N4O5/c1-18(8-7-11-3-5-12(6-4-11)29-16(19)20)15(27)24(17(28)23-18)10-14(26)22-9-13(25)21-2/h3-6,16H,7-10H2,1-2H3,(H,21,25)(H,22,26)(H,23,28)/t18-/m0/s1. The lowest BCUT2D eigenvalue weighted by Gasteiger charge is -2.21. The molecule has 1 aromatic rings. The predicted molar refractivity (Wildman–Crippen MR) is 97.1 cm³/mol. The molecule has 0 aromatic heterocycles. The number of amides is 5. The molecule has 1 aromatic carbocycles. The molecule has 2 rings (SSSR count). The molecule has 0 aliphatic carbocycles. The Hall–Kier alpha value is -3.24. The van der Waals surface area contributed by atoms with Crippen LogP contribution in [0.25, 0.3) is 0 Å². The van der Waals surface area contributed by atoms with Crippen LogP contribution in [0.15, 0.2) is 24.3 Å². The van der Waals surface area contributed by atoms with Crippen molar-refractivity contribution in [3.05, 3.63) is 29.8 Å². The van der Waals surface area contributed by atoms with E-state index in [0.29, 0.717) is 6.42 Å². The van der Waals surface area contributed by atoms with Crippen molar-refractivity contribution < 1.29 is 32.7 Å². The summed E-state index contributed by atoms with van der Waals surface area (Å²) in [7, 11) is 1.41. The van der Waals surface area contributed by atoms with Crippen molar-refractivity contribution in [2.24, 2.45) is 0 Å². The fourth-order valence-corrected chi connectivity index (χ4v) is 2.76. The van der Waals surface area contributed by atoms with Gasteiger partial charge in [0.25, 0.3) is 5.91 Å². The third kappa shape index (κ3) is 5.87. The molecule has 1 heterocycles. The Labute approximate surface area is 165 Å². The van der Waals surface area contributed by atoms with Gasteiger partial charge in [0.15, 0.2) is 0 Å². The number of carbonyl (C=O) groups excluding carboxylic acids is 4. The number of carbonyl (C=O) groups is 4. The largest absolute Gasteiger partial charge is 0.435 e. The average molecular weight is 412 g/mol. The summed E-state index contributed by atoms with van der Waals surface area (Å²) < 4.78 is 28.6. The van der Waals surface area contributed by atoms with Gasteiger partial charge in [-0.25, -0.2) is 4.79 Å². The van der Waals surface area contributed by atoms with Crippen LogP contribution in [0, 0.1) is 0 Å². The first kappa shape index (κ1) is 22.1. The normalized spacial score (nSPS) is 18.6. The molecule has 3 N–H and O–H groups in total. The van der Waals surface area contributed by atoms with E-state index >= 15 is 0 Å². The molecule has 1 atom stereocenters. The van der Waals surface area contributed by atoms with Crippen LogP contribution in [-0.2, 0) is 20.8 Å². The monoisotopic (exact) mass is 412 g/mol. The lowest BCUT2D eigenvalue weighted by atomic mass is 9.93. The van der Waals surface area contributed by atoms with Crippen LogP contribution in [0.1, 0.15) is 18.9 Å². The maximum atomic E-state index is 12.6. The minimum absolute atomic E-state index is 0.0224. The third-order valence-electron chi connectivity index (χ3n) is 4.43. The van der Waals surface area contributed by atoms with Crippen LogP contribution in [0.3, 0.4) is 0 Å². The number of imide groups is 1. The average Bonchev–Trinajstić information content (AvgIpc) is 2.88. The highest BCUT2D eigenvalue weighted by molar-refractivity contribution is 6.08. The lowest BCUT2D eigenvalue weighted by Crippen LogP contribution is -2.46. The van der Waals surface area contributed by atoms with Crippen molar-refractivity contribution in [3.8, 4) is 5.75 Å². The zero-order valence-electron chi connectivity index (χ0n) is 16.0. The van der Waals surface area contributed by atoms with Crippen LogP contribution in [-0.4, -0.2) is 60.9 Å². The van der Waals surface area contributed by atoms with Crippen LogP contribution in [0.2, 0.25) is 0 Å². The van der Waals surface area contributed by atoms with Crippen molar-refractivity contribution in [2.75, 3.05) is 20.1 Å². The first-order valence-corrected chi connectivity index (χ1v) is 8.80. The van der Waals surface area contributed by atoms with Gasteiger partial charge in [0.2, 0.25) is 11.8 Å². The topological polar surface area (TPSA) is 117 Å². The quantitative estimate of drug-likeness (QED) is 0.508. The molecule has 1 aliphatic rings. The second-order valence-corrected chi connectivity index (χ2v) is 6.63. The second kappa shape index (κ2) is 9.30. The summed E-state index contributed by atoms with van der Waals surface area (Å²) in [5, 5.41) is 7.22. The number of ether oxygens (including phenoxy) is 1. The number of benzene rings is 1. The van der Waals surface area contributed by atoms with Crippen molar-refractivity contribution in [1.29, 1.82) is 0 Å². The van der Waals surface area contributed by atoms with Gasteiger partial charge < -0.3 is 20.7 Å². The van der Waals surface area contributed by atoms with E-state index in [0.717, 1.165) is 10.5 Å². The molecule has 9 nitrogen and oxygen atoms in total. The Morgan fingerprint density at radius 1 is 1.21 bits per heavy atom. The van der Waals surface area contributed by atoms with Crippen molar-refractivity contribution in [3.63, 3.8) is 0 Å². The van der Waals surface area contributed by atoms with Gasteiger partial charge in [0, 0.05) is 7.05 Å². The first-order chi connectivity index (χ1) is 13.6. The maximum absolute atomic E-state index is 12.6. The molecular weight excluding hydrogens is 390 g/mol. The Kier molecular flexibility index (Phi) is 7.08. The molecule has 5 amide bonds. The number of nitrogens with zero attached hydrogens (tertiary/aromatic N) is 1. The third-order valence-corrected chi connectivity index (χ3v) is 4.43. The van der Waals surface area contributed by atoms with E-state index in [4.69, 9.17) is 0 Å². The summed E-state index contributed by atoms with van der Waals surface area (Å²) in [6.45, 7) is -2.13. The van der Waals surface area contributed by atoms with Gasteiger partial charge in [0.05, 0.1) is 6.54 Å². The highest BCUT2D eigenvalue weighted by Gasteiger charge is 2.47. The summed E-state index contributed by atoms with van der Waals surface area (Å²) in [6.07, 6.45) is 0.622. The number of nitrogens with one attached hydrogen (secondary N) is 3. The van der Waals surface area contributed by atoms with E-state index in [1.807, 2.05) is 0 Å². The number of rotatable bonds is 9. The van der Waals surface area contributed by atoms with E-state index in [-0.39, 0.29) is 18.7 Å². The van der Waals surface area contributed by atoms with E-state index < -0.39 is 42.4 Å². The van der Waals surface area contributed by atoms with Crippen LogP contribution >= 0.6 is 0 Å². The minimum atomic E-state index is -2.91. The predicted octanol–water partition coefficient (Wildman–Crippen LogP) is 0.393. The molecule has 1 aliphatic heterocycles. The first-order valence-electron chi connectivity index (χ1n) is 8.80. The zero-order chi connectivity index (χ0) is 21.6. The highest BCUT2D eigenvalue weighted by atomic mass is 19.3. The molecule has 158 valence electrons. The summed E-state index contributed by atoms with van der Waals surface area (Å²) in [4.78, 5) is 48.6. The van der Waals surface area contributed by atoms with Gasteiger partial charge in [-0.3, -0.25) is 19.3 Å². The fourth-order valence-electron chi connectivity index (χ4n) is 2.76. The smallest absolute Gasteiger partial charge is 0.387 e. The molecule has 0 unspecified atom stereocenters. The van der Waals surface area contributed by atoms with Gasteiger partial charge >= 0.3 is 12.6 Å². The molecule has 0 bridgehead atoms. The number of hydrogen-bond acceptors (Lipinski definition) is 5. The van der Waals surface area contributed by atoms with Crippen molar-refractivity contribution >= 4 is 23.8 Å². The zero-order valence-corrected chi connectivity index (χ0v) is 16.0. The van der Waals surface area contributed by atoms with Gasteiger partial charge in [-0.1, -0.05) is 12.1 Å². The van der Waals surface area contributed by atoms with Gasteiger partial charge in [-0.2, -0.15) is 8.78 Å². The van der Waals surface area contributed by atoms with Crippen molar-refractivity contribution in [1.82, 2.24) is 20.9 Å². The number of alkyl halides is 2. The Bertz CT molecular complexity index is 787. The van der Waals surface area contributed by atoms with E-state index in [2.05, 4.69) is 20.7 Å². The lowest BCUT2D eigenvalue weighted by molar-refractivity contribution is -0.135. The summed E-state index contributed by atoms with van der Waals surface area (Å²) in [5.74, 6) is -1.59.